The SMILES string of the molecule is Br.CN(C(=O)c1ccc(OC(F)(F)F)cc1)c1ccc(Oc2ccc3cc(CN4CCN(Cc5ccc(OC(CF)CF)cc5)CC4)n(C)c3c2)nc1. The topological polar surface area (TPSA) is 72.3 Å². The summed E-state index contributed by atoms with van der Waals surface area (Å²) in [5.74, 6) is 0.552. The van der Waals surface area contributed by atoms with Crippen molar-refractivity contribution in [3.05, 3.63) is 108 Å². The minimum atomic E-state index is -4.81. The number of carbonyl (C=O) groups excluding carboxylic acids is 1. The number of amides is 1. The van der Waals surface area contributed by atoms with Crippen LogP contribution in [-0.4, -0.2) is 84.3 Å². The standard InChI is InChI=1S/C38H38F5N5O4.BrH/c1-45-30(25-48-17-15-47(16-18-48)24-26-3-9-31(10-4-26)50-34(21-39)22-40)19-28-7-13-33(20-35(28)45)51-36-14-8-29(23-44-36)46(2)37(49)27-5-11-32(12-6-27)52-38(41,42)43;/h3-14,19-20,23,34H,15-18,21-22,24-25H2,1-2H3;1H. The first-order chi connectivity index (χ1) is 25.0. The number of nitrogens with zero attached hydrogens (tertiary/aromatic N) is 5. The smallest absolute Gasteiger partial charge is 0.485 e. The Hall–Kier alpha value is -4.73. The van der Waals surface area contributed by atoms with Gasteiger partial charge in [-0.2, -0.15) is 0 Å². The Morgan fingerprint density at radius 2 is 1.45 bits per heavy atom. The van der Waals surface area contributed by atoms with Gasteiger partial charge < -0.3 is 23.7 Å². The third-order valence-corrected chi connectivity index (χ3v) is 8.91. The number of benzene rings is 3. The lowest BCUT2D eigenvalue weighted by Gasteiger charge is -2.34. The lowest BCUT2D eigenvalue weighted by atomic mass is 10.2. The molecule has 2 aromatic heterocycles. The van der Waals surface area contributed by atoms with E-state index >= 15 is 0 Å². The first-order valence-corrected chi connectivity index (χ1v) is 16.7. The molecular formula is C38H39BrF5N5O4. The van der Waals surface area contributed by atoms with E-state index in [1.54, 1.807) is 31.3 Å². The van der Waals surface area contributed by atoms with Gasteiger partial charge >= 0.3 is 6.36 Å². The highest BCUT2D eigenvalue weighted by Gasteiger charge is 2.31. The second-order valence-corrected chi connectivity index (χ2v) is 12.6. The lowest BCUT2D eigenvalue weighted by Crippen LogP contribution is -2.45. The summed E-state index contributed by atoms with van der Waals surface area (Å²) >= 11 is 0. The predicted molar refractivity (Wildman–Crippen MR) is 197 cm³/mol. The second kappa shape index (κ2) is 17.4. The average Bonchev–Trinajstić information content (AvgIpc) is 3.45. The molecule has 9 nitrogen and oxygen atoms in total. The van der Waals surface area contributed by atoms with Crippen molar-refractivity contribution in [3.8, 4) is 23.1 Å². The first kappa shape index (κ1) is 39.5. The molecule has 0 atom stereocenters. The number of hydrogen-bond donors (Lipinski definition) is 0. The fraction of sp³-hybridized carbons (Fsp3) is 0.316. The molecule has 0 unspecified atom stereocenters. The van der Waals surface area contributed by atoms with E-state index in [1.165, 1.54) is 28.9 Å². The summed E-state index contributed by atoms with van der Waals surface area (Å²) < 4.78 is 80.3. The minimum Gasteiger partial charge on any atom is -0.485 e. The number of pyridine rings is 1. The normalized spacial score (nSPS) is 13.9. The summed E-state index contributed by atoms with van der Waals surface area (Å²) in [7, 11) is 3.58. The highest BCUT2D eigenvalue weighted by Crippen LogP contribution is 2.29. The van der Waals surface area contributed by atoms with Crippen molar-refractivity contribution in [1.29, 1.82) is 0 Å². The van der Waals surface area contributed by atoms with Gasteiger partial charge in [0.1, 0.15) is 30.6 Å². The van der Waals surface area contributed by atoms with Gasteiger partial charge in [-0.15, -0.1) is 30.2 Å². The van der Waals surface area contributed by atoms with Gasteiger partial charge in [0.25, 0.3) is 5.91 Å². The van der Waals surface area contributed by atoms with Gasteiger partial charge in [-0.05, 0) is 66.2 Å². The second-order valence-electron chi connectivity index (χ2n) is 12.6. The molecule has 3 aromatic carbocycles. The van der Waals surface area contributed by atoms with Crippen molar-refractivity contribution in [1.82, 2.24) is 19.4 Å². The van der Waals surface area contributed by atoms with Crippen LogP contribution in [0.15, 0.2) is 91.1 Å². The molecule has 0 bridgehead atoms. The number of ether oxygens (including phenoxy) is 3. The Kier molecular flexibility index (Phi) is 13.0. The number of carbonyl (C=O) groups is 1. The van der Waals surface area contributed by atoms with Crippen molar-refractivity contribution in [3.63, 3.8) is 0 Å². The molecule has 282 valence electrons. The monoisotopic (exact) mass is 803 g/mol. The van der Waals surface area contributed by atoms with Gasteiger partial charge in [-0.3, -0.25) is 14.6 Å². The molecule has 1 aliphatic heterocycles. The minimum absolute atomic E-state index is 0. The first-order valence-electron chi connectivity index (χ1n) is 16.7. The zero-order valence-corrected chi connectivity index (χ0v) is 30.8. The Balaban J connectivity index is 0.00000541. The van der Waals surface area contributed by atoms with Gasteiger partial charge in [0.2, 0.25) is 5.88 Å². The summed E-state index contributed by atoms with van der Waals surface area (Å²) in [5, 5.41) is 1.08. The van der Waals surface area contributed by atoms with Gasteiger partial charge in [0, 0.05) is 82.1 Å². The molecule has 0 aliphatic carbocycles. The third kappa shape index (κ3) is 10.2. The number of alkyl halides is 5. The van der Waals surface area contributed by atoms with Crippen molar-refractivity contribution < 1.29 is 41.0 Å². The molecule has 0 spiro atoms. The molecule has 1 aliphatic rings. The number of aromatic nitrogens is 2. The van der Waals surface area contributed by atoms with Crippen LogP contribution in [0, 0.1) is 0 Å². The molecular weight excluding hydrogens is 765 g/mol. The van der Waals surface area contributed by atoms with E-state index in [-0.39, 0.29) is 22.5 Å². The van der Waals surface area contributed by atoms with E-state index in [0.29, 0.717) is 23.1 Å². The fourth-order valence-electron chi connectivity index (χ4n) is 6.01. The number of fused-ring (bicyclic) bond motifs is 1. The molecule has 6 rings (SSSR count). The zero-order chi connectivity index (χ0) is 36.8. The summed E-state index contributed by atoms with van der Waals surface area (Å²) in [6, 6.07) is 23.4. The molecule has 1 saturated heterocycles. The molecule has 53 heavy (non-hydrogen) atoms. The van der Waals surface area contributed by atoms with Crippen LogP contribution in [0.1, 0.15) is 21.6 Å². The van der Waals surface area contributed by atoms with Gasteiger partial charge in [-0.1, -0.05) is 12.1 Å². The average molecular weight is 805 g/mol. The number of halogens is 6. The van der Waals surface area contributed by atoms with Crippen LogP contribution in [0.4, 0.5) is 27.6 Å². The van der Waals surface area contributed by atoms with Crippen molar-refractivity contribution in [2.75, 3.05) is 51.5 Å². The Bertz CT molecular complexity index is 1950. The van der Waals surface area contributed by atoms with Crippen LogP contribution in [0.5, 0.6) is 23.1 Å². The highest BCUT2D eigenvalue weighted by atomic mass is 79.9. The van der Waals surface area contributed by atoms with Crippen molar-refractivity contribution in [2.45, 2.75) is 25.6 Å². The predicted octanol–water partition coefficient (Wildman–Crippen LogP) is 8.12. The van der Waals surface area contributed by atoms with E-state index < -0.39 is 37.5 Å². The molecule has 0 saturated carbocycles. The Morgan fingerprint density at radius 3 is 2.06 bits per heavy atom. The maximum absolute atomic E-state index is 12.9. The van der Waals surface area contributed by atoms with Crippen LogP contribution < -0.4 is 19.1 Å². The van der Waals surface area contributed by atoms with Gasteiger partial charge in [-0.25, -0.2) is 13.8 Å². The zero-order valence-electron chi connectivity index (χ0n) is 29.1. The maximum Gasteiger partial charge on any atom is 0.573 e. The van der Waals surface area contributed by atoms with Crippen molar-refractivity contribution >= 4 is 39.5 Å². The summed E-state index contributed by atoms with van der Waals surface area (Å²) in [6.45, 7) is 3.51. The summed E-state index contributed by atoms with van der Waals surface area (Å²) in [6.07, 6.45) is -4.39. The fourth-order valence-corrected chi connectivity index (χ4v) is 6.01. The summed E-state index contributed by atoms with van der Waals surface area (Å²) in [5.41, 5.74) is 3.96. The van der Waals surface area contributed by atoms with E-state index in [4.69, 9.17) is 9.47 Å². The van der Waals surface area contributed by atoms with E-state index in [1.807, 2.05) is 37.4 Å². The number of piperazine rings is 1. The van der Waals surface area contributed by atoms with Crippen LogP contribution in [0.25, 0.3) is 10.9 Å². The molecule has 0 radical (unpaired) electrons. The molecule has 5 aromatic rings. The Labute approximate surface area is 314 Å². The van der Waals surface area contributed by atoms with Gasteiger partial charge in [0.05, 0.1) is 17.4 Å². The van der Waals surface area contributed by atoms with Crippen LogP contribution in [0.3, 0.4) is 0 Å². The van der Waals surface area contributed by atoms with Crippen LogP contribution in [-0.2, 0) is 20.1 Å². The highest BCUT2D eigenvalue weighted by molar-refractivity contribution is 8.93. The molecule has 3 heterocycles. The van der Waals surface area contributed by atoms with E-state index in [2.05, 4.69) is 30.2 Å². The molecule has 0 N–H and O–H groups in total. The van der Waals surface area contributed by atoms with Crippen LogP contribution >= 0.6 is 17.0 Å². The lowest BCUT2D eigenvalue weighted by molar-refractivity contribution is -0.274. The quantitative estimate of drug-likeness (QED) is 0.111. The molecule has 1 fully saturated rings. The number of anilines is 1. The van der Waals surface area contributed by atoms with Crippen molar-refractivity contribution in [2.24, 2.45) is 7.05 Å². The molecule has 15 heteroatoms. The number of hydrogen-bond acceptors (Lipinski definition) is 7. The third-order valence-electron chi connectivity index (χ3n) is 8.91. The van der Waals surface area contributed by atoms with Gasteiger partial charge in [0.15, 0.2) is 6.10 Å². The van der Waals surface area contributed by atoms with E-state index in [0.717, 1.165) is 67.9 Å². The largest absolute Gasteiger partial charge is 0.573 e. The van der Waals surface area contributed by atoms with Crippen LogP contribution in [0.2, 0.25) is 0 Å². The molecule has 1 amide bonds. The number of aryl methyl sites for hydroxylation is 1. The number of rotatable bonds is 13. The summed E-state index contributed by atoms with van der Waals surface area (Å²) in [4.78, 5) is 23.4. The van der Waals surface area contributed by atoms with E-state index in [9.17, 15) is 26.7 Å². The maximum atomic E-state index is 12.9. The Morgan fingerprint density at radius 1 is 0.830 bits per heavy atom.